The van der Waals surface area contributed by atoms with E-state index >= 15 is 0 Å². The predicted molar refractivity (Wildman–Crippen MR) is 98.5 cm³/mol. The molecule has 140 valence electrons. The summed E-state index contributed by atoms with van der Waals surface area (Å²) in [5.74, 6) is 1.35. The number of nitrogens with one attached hydrogen (secondary N) is 1. The molecule has 2 aromatic heterocycles. The van der Waals surface area contributed by atoms with Crippen LogP contribution in [0.5, 0.6) is 11.5 Å². The molecule has 0 radical (unpaired) electrons. The van der Waals surface area contributed by atoms with Crippen LogP contribution >= 0.6 is 0 Å². The number of hydrogen-bond donors (Lipinski definition) is 1. The zero-order chi connectivity index (χ0) is 19.2. The molecular formula is C19H21N5O3. The van der Waals surface area contributed by atoms with Gasteiger partial charge in [-0.3, -0.25) is 9.48 Å². The lowest BCUT2D eigenvalue weighted by Crippen LogP contribution is -2.24. The quantitative estimate of drug-likeness (QED) is 0.687. The second-order valence-electron chi connectivity index (χ2n) is 6.04. The Morgan fingerprint density at radius 2 is 1.96 bits per heavy atom. The van der Waals surface area contributed by atoms with Crippen LogP contribution in [0.25, 0.3) is 0 Å². The molecule has 0 saturated carbocycles. The van der Waals surface area contributed by atoms with Gasteiger partial charge in [0, 0.05) is 36.8 Å². The lowest BCUT2D eigenvalue weighted by atomic mass is 10.2. The first-order valence-corrected chi connectivity index (χ1v) is 8.39. The van der Waals surface area contributed by atoms with Gasteiger partial charge in [0.1, 0.15) is 12.4 Å². The van der Waals surface area contributed by atoms with Crippen molar-refractivity contribution in [3.8, 4) is 11.5 Å². The van der Waals surface area contributed by atoms with E-state index in [1.54, 1.807) is 41.5 Å². The van der Waals surface area contributed by atoms with Gasteiger partial charge in [-0.1, -0.05) is 0 Å². The molecule has 3 aromatic rings. The molecule has 2 heterocycles. The second kappa shape index (κ2) is 8.31. The number of ether oxygens (including phenoxy) is 2. The third-order valence-electron chi connectivity index (χ3n) is 3.82. The summed E-state index contributed by atoms with van der Waals surface area (Å²) in [5, 5.41) is 6.90. The summed E-state index contributed by atoms with van der Waals surface area (Å²) in [6.07, 6.45) is 7.04. The van der Waals surface area contributed by atoms with E-state index in [1.165, 1.54) is 7.11 Å². The lowest BCUT2D eigenvalue weighted by molar-refractivity contribution is 0.0949. The van der Waals surface area contributed by atoms with Crippen LogP contribution in [0.15, 0.2) is 43.0 Å². The van der Waals surface area contributed by atoms with Crippen LogP contribution in [0.4, 0.5) is 0 Å². The van der Waals surface area contributed by atoms with Crippen LogP contribution in [0, 0.1) is 6.92 Å². The first-order chi connectivity index (χ1) is 13.0. The minimum atomic E-state index is -0.240. The van der Waals surface area contributed by atoms with E-state index in [9.17, 15) is 4.79 Å². The highest BCUT2D eigenvalue weighted by molar-refractivity contribution is 5.94. The van der Waals surface area contributed by atoms with Gasteiger partial charge >= 0.3 is 0 Å². The molecule has 27 heavy (non-hydrogen) atoms. The van der Waals surface area contributed by atoms with Crippen molar-refractivity contribution in [3.05, 3.63) is 65.5 Å². The number of carbonyl (C=O) groups excluding carboxylic acids is 1. The third kappa shape index (κ3) is 4.81. The highest BCUT2D eigenvalue weighted by atomic mass is 16.5. The standard InChI is InChI=1S/C19H21N5O3/c1-13-7-20-18(21-8-13)10-22-19(25)15-4-5-16(17(6-15)26-3)27-12-14-9-23-24(2)11-14/h4-9,11H,10,12H2,1-3H3,(H,22,25). The highest BCUT2D eigenvalue weighted by Crippen LogP contribution is 2.28. The summed E-state index contributed by atoms with van der Waals surface area (Å²) in [5.41, 5.74) is 2.38. The van der Waals surface area contributed by atoms with Crippen molar-refractivity contribution >= 4 is 5.91 Å². The zero-order valence-corrected chi connectivity index (χ0v) is 15.5. The minimum Gasteiger partial charge on any atom is -0.493 e. The molecule has 0 aliphatic heterocycles. The van der Waals surface area contributed by atoms with Gasteiger partial charge in [-0.2, -0.15) is 5.10 Å². The number of nitrogens with zero attached hydrogens (tertiary/aromatic N) is 4. The Morgan fingerprint density at radius 1 is 1.19 bits per heavy atom. The van der Waals surface area contributed by atoms with Gasteiger partial charge in [0.25, 0.3) is 5.91 Å². The molecule has 0 spiro atoms. The Labute approximate surface area is 157 Å². The third-order valence-corrected chi connectivity index (χ3v) is 3.82. The van der Waals surface area contributed by atoms with Gasteiger partial charge < -0.3 is 14.8 Å². The maximum atomic E-state index is 12.4. The van der Waals surface area contributed by atoms with E-state index in [1.807, 2.05) is 20.2 Å². The van der Waals surface area contributed by atoms with Gasteiger partial charge in [-0.15, -0.1) is 0 Å². The van der Waals surface area contributed by atoms with Gasteiger partial charge in [0.05, 0.1) is 19.9 Å². The molecule has 0 bridgehead atoms. The van der Waals surface area contributed by atoms with Crippen LogP contribution in [0.3, 0.4) is 0 Å². The lowest BCUT2D eigenvalue weighted by Gasteiger charge is -2.12. The number of carbonyl (C=O) groups is 1. The van der Waals surface area contributed by atoms with Crippen molar-refractivity contribution < 1.29 is 14.3 Å². The van der Waals surface area contributed by atoms with E-state index in [-0.39, 0.29) is 12.5 Å². The maximum Gasteiger partial charge on any atom is 0.251 e. The van der Waals surface area contributed by atoms with Crippen LogP contribution in [-0.4, -0.2) is 32.8 Å². The van der Waals surface area contributed by atoms with E-state index < -0.39 is 0 Å². The van der Waals surface area contributed by atoms with Crippen molar-refractivity contribution in [2.45, 2.75) is 20.1 Å². The van der Waals surface area contributed by atoms with Gasteiger partial charge in [-0.05, 0) is 30.7 Å². The van der Waals surface area contributed by atoms with Crippen molar-refractivity contribution in [2.24, 2.45) is 7.05 Å². The normalized spacial score (nSPS) is 10.5. The number of aryl methyl sites for hydroxylation is 2. The van der Waals surface area contributed by atoms with Gasteiger partial charge in [-0.25, -0.2) is 9.97 Å². The molecule has 1 amide bonds. The fourth-order valence-corrected chi connectivity index (χ4v) is 2.41. The number of aromatic nitrogens is 4. The van der Waals surface area contributed by atoms with Crippen molar-refractivity contribution in [2.75, 3.05) is 7.11 Å². The fraction of sp³-hybridized carbons (Fsp3) is 0.263. The molecular weight excluding hydrogens is 346 g/mol. The average molecular weight is 367 g/mol. The minimum absolute atomic E-state index is 0.240. The monoisotopic (exact) mass is 367 g/mol. The Morgan fingerprint density at radius 3 is 2.63 bits per heavy atom. The van der Waals surface area contributed by atoms with Gasteiger partial charge in [0.2, 0.25) is 0 Å². The molecule has 8 nitrogen and oxygen atoms in total. The average Bonchev–Trinajstić information content (AvgIpc) is 3.10. The van der Waals surface area contributed by atoms with Crippen LogP contribution in [0.2, 0.25) is 0 Å². The summed E-state index contributed by atoms with van der Waals surface area (Å²) in [7, 11) is 3.38. The largest absolute Gasteiger partial charge is 0.493 e. The van der Waals surface area contributed by atoms with Crippen molar-refractivity contribution in [3.63, 3.8) is 0 Å². The Hall–Kier alpha value is -3.42. The topological polar surface area (TPSA) is 91.2 Å². The number of methoxy groups -OCH3 is 1. The van der Waals surface area contributed by atoms with E-state index in [4.69, 9.17) is 9.47 Å². The number of hydrogen-bond acceptors (Lipinski definition) is 6. The second-order valence-corrected chi connectivity index (χ2v) is 6.04. The first kappa shape index (κ1) is 18.4. The van der Waals surface area contributed by atoms with Crippen LogP contribution in [0.1, 0.15) is 27.3 Å². The van der Waals surface area contributed by atoms with E-state index in [0.29, 0.717) is 29.5 Å². The Balaban J connectivity index is 1.63. The molecule has 1 aromatic carbocycles. The maximum absolute atomic E-state index is 12.4. The predicted octanol–water partition coefficient (Wildman–Crippen LogP) is 2.04. The Kier molecular flexibility index (Phi) is 5.65. The van der Waals surface area contributed by atoms with Crippen molar-refractivity contribution in [1.29, 1.82) is 0 Å². The Bertz CT molecular complexity index is 921. The molecule has 0 unspecified atom stereocenters. The summed E-state index contributed by atoms with van der Waals surface area (Å²) in [6.45, 7) is 2.52. The molecule has 1 N–H and O–H groups in total. The molecule has 0 fully saturated rings. The fourth-order valence-electron chi connectivity index (χ4n) is 2.41. The van der Waals surface area contributed by atoms with E-state index in [0.717, 1.165) is 11.1 Å². The molecule has 0 atom stereocenters. The SMILES string of the molecule is COc1cc(C(=O)NCc2ncc(C)cn2)ccc1OCc1cnn(C)c1. The number of amides is 1. The molecule has 3 rings (SSSR count). The molecule has 0 aliphatic rings. The molecule has 0 aliphatic carbocycles. The summed E-state index contributed by atoms with van der Waals surface area (Å²) >= 11 is 0. The summed E-state index contributed by atoms with van der Waals surface area (Å²) < 4.78 is 12.8. The van der Waals surface area contributed by atoms with Crippen LogP contribution in [-0.2, 0) is 20.2 Å². The molecule has 8 heteroatoms. The zero-order valence-electron chi connectivity index (χ0n) is 15.5. The number of benzene rings is 1. The highest BCUT2D eigenvalue weighted by Gasteiger charge is 2.12. The number of rotatable bonds is 7. The smallest absolute Gasteiger partial charge is 0.251 e. The van der Waals surface area contributed by atoms with E-state index in [2.05, 4.69) is 20.4 Å². The summed E-state index contributed by atoms with van der Waals surface area (Å²) in [6, 6.07) is 5.04. The van der Waals surface area contributed by atoms with Gasteiger partial charge in [0.15, 0.2) is 11.5 Å². The van der Waals surface area contributed by atoms with Crippen molar-refractivity contribution in [1.82, 2.24) is 25.1 Å². The van der Waals surface area contributed by atoms with Crippen LogP contribution < -0.4 is 14.8 Å². The summed E-state index contributed by atoms with van der Waals surface area (Å²) in [4.78, 5) is 20.7. The molecule has 0 saturated heterocycles. The first-order valence-electron chi connectivity index (χ1n) is 8.39.